The number of hydrogen-bond acceptors (Lipinski definition) is 6. The molecular formula is C27H25N2O4P. The second kappa shape index (κ2) is 9.15. The van der Waals surface area contributed by atoms with Crippen molar-refractivity contribution < 1.29 is 18.3 Å². The molecule has 0 bridgehead atoms. The van der Waals surface area contributed by atoms with E-state index in [-0.39, 0.29) is 5.41 Å². The van der Waals surface area contributed by atoms with E-state index < -0.39 is 7.60 Å². The molecule has 0 radical (unpaired) electrons. The molecule has 2 heterocycles. The molecule has 3 aromatic carbocycles. The van der Waals surface area contributed by atoms with E-state index in [2.05, 4.69) is 10.2 Å². The van der Waals surface area contributed by atoms with Gasteiger partial charge >= 0.3 is 7.60 Å². The van der Waals surface area contributed by atoms with Gasteiger partial charge in [0.2, 0.25) is 0 Å². The van der Waals surface area contributed by atoms with Crippen molar-refractivity contribution in [1.82, 2.24) is 0 Å². The van der Waals surface area contributed by atoms with Gasteiger partial charge in [-0.05, 0) is 48.0 Å². The van der Waals surface area contributed by atoms with Crippen molar-refractivity contribution in [2.24, 2.45) is 15.6 Å². The summed E-state index contributed by atoms with van der Waals surface area (Å²) < 4.78 is 31.8. The van der Waals surface area contributed by atoms with Crippen molar-refractivity contribution in [2.45, 2.75) is 13.8 Å². The first-order chi connectivity index (χ1) is 16.4. The summed E-state index contributed by atoms with van der Waals surface area (Å²) in [4.78, 5) is 0. The Labute approximate surface area is 199 Å². The van der Waals surface area contributed by atoms with Crippen molar-refractivity contribution in [3.63, 3.8) is 0 Å². The van der Waals surface area contributed by atoms with E-state index in [1.54, 1.807) is 6.08 Å². The van der Waals surface area contributed by atoms with E-state index in [0.29, 0.717) is 35.7 Å². The van der Waals surface area contributed by atoms with Crippen LogP contribution in [0.1, 0.15) is 25.0 Å². The van der Waals surface area contributed by atoms with Crippen LogP contribution in [0.4, 0.5) is 11.4 Å². The first-order valence-electron chi connectivity index (χ1n) is 11.1. The summed E-state index contributed by atoms with van der Waals surface area (Å²) >= 11 is 0. The smallest absolute Gasteiger partial charge is 0.365 e. The maximum atomic E-state index is 13.9. The third kappa shape index (κ3) is 4.80. The summed E-state index contributed by atoms with van der Waals surface area (Å²) in [7, 11) is -3.59. The van der Waals surface area contributed by atoms with E-state index in [1.165, 1.54) is 0 Å². The summed E-state index contributed by atoms with van der Waals surface area (Å²) in [6.45, 7) is 4.71. The highest BCUT2D eigenvalue weighted by Gasteiger charge is 2.42. The maximum absolute atomic E-state index is 13.9. The second-order valence-electron chi connectivity index (χ2n) is 8.98. The Morgan fingerprint density at radius 1 is 0.824 bits per heavy atom. The Balaban J connectivity index is 1.49. The fourth-order valence-electron chi connectivity index (χ4n) is 3.64. The molecule has 2 aliphatic rings. The van der Waals surface area contributed by atoms with Gasteiger partial charge in [-0.2, -0.15) is 10.2 Å². The monoisotopic (exact) mass is 472 g/mol. The van der Waals surface area contributed by atoms with Gasteiger partial charge in [0.05, 0.1) is 24.6 Å². The molecular weight excluding hydrogens is 447 g/mol. The predicted molar refractivity (Wildman–Crippen MR) is 133 cm³/mol. The predicted octanol–water partition coefficient (Wildman–Crippen LogP) is 8.14. The molecule has 7 heteroatoms. The largest absolute Gasteiger partial charge is 0.456 e. The van der Waals surface area contributed by atoms with Gasteiger partial charge in [0.15, 0.2) is 0 Å². The SMILES string of the molecule is CC1(C)COP(=O)(/C(=C2/C=Cc3cc(N=Nc4ccccc4)ccc3O2)c2ccccc2)OC1. The molecule has 0 aliphatic carbocycles. The summed E-state index contributed by atoms with van der Waals surface area (Å²) in [5, 5.41) is 9.02. The number of azo groups is 1. The van der Waals surface area contributed by atoms with Crippen LogP contribution in [-0.2, 0) is 13.6 Å². The lowest BCUT2D eigenvalue weighted by molar-refractivity contribution is 0.0466. The maximum Gasteiger partial charge on any atom is 0.365 e. The zero-order valence-electron chi connectivity index (χ0n) is 19.0. The topological polar surface area (TPSA) is 69.5 Å². The third-order valence-electron chi connectivity index (χ3n) is 5.47. The van der Waals surface area contributed by atoms with E-state index >= 15 is 0 Å². The van der Waals surface area contributed by atoms with Gasteiger partial charge in [0.1, 0.15) is 16.8 Å². The van der Waals surface area contributed by atoms with Gasteiger partial charge in [-0.3, -0.25) is 4.57 Å². The van der Waals surface area contributed by atoms with E-state index in [4.69, 9.17) is 13.8 Å². The van der Waals surface area contributed by atoms with Crippen LogP contribution < -0.4 is 4.74 Å². The highest BCUT2D eigenvalue weighted by Crippen LogP contribution is 2.65. The molecule has 0 atom stereocenters. The van der Waals surface area contributed by atoms with Crippen LogP contribution >= 0.6 is 7.60 Å². The highest BCUT2D eigenvalue weighted by atomic mass is 31.2. The van der Waals surface area contributed by atoms with Crippen LogP contribution in [0.3, 0.4) is 0 Å². The number of hydrogen-bond donors (Lipinski definition) is 0. The van der Waals surface area contributed by atoms with Crippen LogP contribution in [0, 0.1) is 5.41 Å². The molecule has 1 fully saturated rings. The van der Waals surface area contributed by atoms with Crippen molar-refractivity contribution >= 4 is 30.4 Å². The molecule has 34 heavy (non-hydrogen) atoms. The summed E-state index contributed by atoms with van der Waals surface area (Å²) in [5.74, 6) is 1.08. The Morgan fingerprint density at radius 2 is 1.47 bits per heavy atom. The summed E-state index contributed by atoms with van der Waals surface area (Å²) in [6, 6.07) is 24.6. The van der Waals surface area contributed by atoms with Crippen molar-refractivity contribution in [2.75, 3.05) is 13.2 Å². The Morgan fingerprint density at radius 3 is 2.18 bits per heavy atom. The van der Waals surface area contributed by atoms with Gasteiger partial charge in [-0.25, -0.2) is 0 Å². The molecule has 5 rings (SSSR count). The lowest BCUT2D eigenvalue weighted by atomic mass is 9.97. The first-order valence-corrected chi connectivity index (χ1v) is 12.6. The third-order valence-corrected chi connectivity index (χ3v) is 7.43. The van der Waals surface area contributed by atoms with Gasteiger partial charge in [0.25, 0.3) is 0 Å². The molecule has 0 N–H and O–H groups in total. The number of nitrogens with zero attached hydrogens (tertiary/aromatic N) is 2. The molecule has 6 nitrogen and oxygen atoms in total. The lowest BCUT2D eigenvalue weighted by Gasteiger charge is -2.35. The van der Waals surface area contributed by atoms with Gasteiger partial charge in [-0.1, -0.05) is 62.4 Å². The van der Waals surface area contributed by atoms with Crippen LogP contribution in [0.5, 0.6) is 5.75 Å². The molecule has 1 saturated heterocycles. The van der Waals surface area contributed by atoms with E-state index in [9.17, 15) is 4.57 Å². The minimum atomic E-state index is -3.59. The molecule has 0 aromatic heterocycles. The highest BCUT2D eigenvalue weighted by molar-refractivity contribution is 7.65. The summed E-state index contributed by atoms with van der Waals surface area (Å²) in [5.41, 5.74) is 2.87. The molecule has 2 aliphatic heterocycles. The van der Waals surface area contributed by atoms with Gasteiger partial charge < -0.3 is 13.8 Å². The Bertz CT molecular complexity index is 1320. The Kier molecular flexibility index (Phi) is 6.05. The van der Waals surface area contributed by atoms with Crippen molar-refractivity contribution in [3.8, 4) is 5.75 Å². The van der Waals surface area contributed by atoms with Crippen LogP contribution in [0.2, 0.25) is 0 Å². The minimum absolute atomic E-state index is 0.207. The van der Waals surface area contributed by atoms with Gasteiger partial charge in [0, 0.05) is 11.0 Å². The molecule has 0 spiro atoms. The first kappa shape index (κ1) is 22.5. The number of rotatable bonds is 4. The number of allylic oxidation sites excluding steroid dienone is 1. The van der Waals surface area contributed by atoms with Crippen molar-refractivity contribution in [1.29, 1.82) is 0 Å². The summed E-state index contributed by atoms with van der Waals surface area (Å²) in [6.07, 6.45) is 3.72. The number of ether oxygens (including phenoxy) is 1. The average Bonchev–Trinajstić information content (AvgIpc) is 2.86. The zero-order valence-corrected chi connectivity index (χ0v) is 19.9. The fourth-order valence-corrected chi connectivity index (χ4v) is 5.86. The quantitative estimate of drug-likeness (QED) is 0.284. The van der Waals surface area contributed by atoms with Crippen LogP contribution in [-0.4, -0.2) is 13.2 Å². The molecule has 3 aromatic rings. The fraction of sp³-hybridized carbons (Fsp3) is 0.185. The second-order valence-corrected chi connectivity index (χ2v) is 10.9. The molecule has 0 saturated carbocycles. The number of benzene rings is 3. The number of fused-ring (bicyclic) bond motifs is 1. The normalized spacial score (nSPS) is 19.9. The Hall–Kier alpha value is -3.31. The average molecular weight is 472 g/mol. The lowest BCUT2D eigenvalue weighted by Crippen LogP contribution is -2.29. The van der Waals surface area contributed by atoms with Crippen molar-refractivity contribution in [3.05, 3.63) is 102 Å². The van der Waals surface area contributed by atoms with Crippen LogP contribution in [0.25, 0.3) is 11.4 Å². The molecule has 172 valence electrons. The standard InChI is InChI=1S/C27H25N2O4P/c1-27(2)18-31-34(30,32-19-27)26(20-9-5-3-6-10-20)25-15-13-21-17-23(14-16-24(21)33-25)29-28-22-11-7-4-8-12-22/h3-17H,18-19H2,1-2H3/b26-25-,29-28?. The molecule has 0 unspecified atom stereocenters. The minimum Gasteiger partial charge on any atom is -0.456 e. The molecule has 0 amide bonds. The van der Waals surface area contributed by atoms with E-state index in [0.717, 1.165) is 16.8 Å². The van der Waals surface area contributed by atoms with E-state index in [1.807, 2.05) is 98.8 Å². The zero-order chi connectivity index (χ0) is 23.6. The van der Waals surface area contributed by atoms with Crippen LogP contribution in [0.15, 0.2) is 101 Å². The van der Waals surface area contributed by atoms with Gasteiger partial charge in [-0.15, -0.1) is 0 Å².